The summed E-state index contributed by atoms with van der Waals surface area (Å²) in [5, 5.41) is 6.03. The van der Waals surface area contributed by atoms with Crippen molar-refractivity contribution in [1.82, 2.24) is 10.3 Å². The Kier molecular flexibility index (Phi) is 9.71. The number of nitrogens with zero attached hydrogens (tertiary/aromatic N) is 1. The summed E-state index contributed by atoms with van der Waals surface area (Å²) in [6.07, 6.45) is 0.926. The Hall–Kier alpha value is -3.56. The SMILES string of the molecule is COc1ccc([C@H](C)NC(=O)CSc2nc3ccc(NC(=O)c4ccc(CC(C)C)c(C)c4OC)cc3s2)cc1. The molecule has 0 spiro atoms. The Morgan fingerprint density at radius 2 is 1.75 bits per heavy atom. The van der Waals surface area contributed by atoms with Crippen LogP contribution in [-0.4, -0.2) is 36.8 Å². The third-order valence-electron chi connectivity index (χ3n) is 6.54. The number of aromatic nitrogens is 1. The molecule has 0 saturated carbocycles. The molecule has 0 bridgehead atoms. The van der Waals surface area contributed by atoms with Gasteiger partial charge in [-0.3, -0.25) is 9.59 Å². The van der Waals surface area contributed by atoms with Crippen LogP contribution in [-0.2, 0) is 11.2 Å². The second-order valence-electron chi connectivity index (χ2n) is 10.00. The predicted molar refractivity (Wildman–Crippen MR) is 164 cm³/mol. The van der Waals surface area contributed by atoms with Crippen molar-refractivity contribution in [3.8, 4) is 11.5 Å². The molecule has 0 aliphatic carbocycles. The van der Waals surface area contributed by atoms with Gasteiger partial charge < -0.3 is 20.1 Å². The van der Waals surface area contributed by atoms with Crippen molar-refractivity contribution in [2.24, 2.45) is 5.92 Å². The number of benzene rings is 3. The molecule has 7 nitrogen and oxygen atoms in total. The molecule has 0 aliphatic rings. The summed E-state index contributed by atoms with van der Waals surface area (Å²) >= 11 is 2.89. The van der Waals surface area contributed by atoms with Gasteiger partial charge in [-0.2, -0.15) is 0 Å². The van der Waals surface area contributed by atoms with E-state index in [2.05, 4.69) is 29.5 Å². The standard InChI is InChI=1S/C31H35N3O4S2/c1-18(2)15-22-9-13-25(29(38-6)19(22)3)30(36)33-23-10-14-26-27(16-23)40-31(34-26)39-17-28(35)32-20(4)21-7-11-24(37-5)12-8-21/h7-14,16,18,20H,15,17H2,1-6H3,(H,32,35)(H,33,36)/t20-/m0/s1. The van der Waals surface area contributed by atoms with Gasteiger partial charge in [0.1, 0.15) is 11.5 Å². The van der Waals surface area contributed by atoms with Gasteiger partial charge in [-0.05, 0) is 79.3 Å². The first kappa shape index (κ1) is 29.4. The second kappa shape index (κ2) is 13.2. The number of ether oxygens (including phenoxy) is 2. The second-order valence-corrected chi connectivity index (χ2v) is 12.2. The van der Waals surface area contributed by atoms with Crippen molar-refractivity contribution in [2.75, 3.05) is 25.3 Å². The third-order valence-corrected chi connectivity index (χ3v) is 8.70. The number of fused-ring (bicyclic) bond motifs is 1. The number of anilines is 1. The van der Waals surface area contributed by atoms with Crippen LogP contribution >= 0.6 is 23.1 Å². The van der Waals surface area contributed by atoms with Crippen LogP contribution in [0.4, 0.5) is 5.69 Å². The molecule has 0 saturated heterocycles. The number of methoxy groups -OCH3 is 2. The molecule has 2 N–H and O–H groups in total. The molecule has 210 valence electrons. The minimum Gasteiger partial charge on any atom is -0.497 e. The van der Waals surface area contributed by atoms with Crippen LogP contribution in [0.2, 0.25) is 0 Å². The number of thiazole rings is 1. The van der Waals surface area contributed by atoms with E-state index in [4.69, 9.17) is 9.47 Å². The van der Waals surface area contributed by atoms with E-state index in [-0.39, 0.29) is 23.6 Å². The lowest BCUT2D eigenvalue weighted by Crippen LogP contribution is -2.28. The van der Waals surface area contributed by atoms with E-state index in [1.54, 1.807) is 14.2 Å². The number of hydrogen-bond acceptors (Lipinski definition) is 7. The van der Waals surface area contributed by atoms with Gasteiger partial charge in [0.05, 0.1) is 41.8 Å². The topological polar surface area (TPSA) is 89.5 Å². The monoisotopic (exact) mass is 577 g/mol. The zero-order valence-corrected chi connectivity index (χ0v) is 25.3. The van der Waals surface area contributed by atoms with Crippen molar-refractivity contribution < 1.29 is 19.1 Å². The fraction of sp³-hybridized carbons (Fsp3) is 0.323. The maximum atomic E-state index is 13.2. The Balaban J connectivity index is 1.38. The number of carbonyl (C=O) groups is 2. The molecule has 1 aromatic heterocycles. The number of thioether (sulfide) groups is 1. The summed E-state index contributed by atoms with van der Waals surface area (Å²) in [4.78, 5) is 30.4. The zero-order chi connectivity index (χ0) is 28.8. The number of nitrogens with one attached hydrogen (secondary N) is 2. The zero-order valence-electron chi connectivity index (χ0n) is 23.7. The van der Waals surface area contributed by atoms with Gasteiger partial charge >= 0.3 is 0 Å². The molecule has 4 rings (SSSR count). The van der Waals surface area contributed by atoms with Crippen molar-refractivity contribution in [3.63, 3.8) is 0 Å². The minimum absolute atomic E-state index is 0.0656. The molecule has 0 radical (unpaired) electrons. The third kappa shape index (κ3) is 7.14. The molecule has 1 atom stereocenters. The van der Waals surface area contributed by atoms with Crippen LogP contribution in [0, 0.1) is 12.8 Å². The molecular weight excluding hydrogens is 542 g/mol. The Labute approximate surface area is 243 Å². The highest BCUT2D eigenvalue weighted by atomic mass is 32.2. The number of hydrogen-bond donors (Lipinski definition) is 2. The van der Waals surface area contributed by atoms with Crippen molar-refractivity contribution in [1.29, 1.82) is 0 Å². The highest BCUT2D eigenvalue weighted by Crippen LogP contribution is 2.33. The van der Waals surface area contributed by atoms with Gasteiger partial charge in [0.25, 0.3) is 5.91 Å². The lowest BCUT2D eigenvalue weighted by atomic mass is 9.95. The maximum absolute atomic E-state index is 13.2. The van der Waals surface area contributed by atoms with E-state index in [9.17, 15) is 9.59 Å². The highest BCUT2D eigenvalue weighted by Gasteiger charge is 2.18. The summed E-state index contributed by atoms with van der Waals surface area (Å²) < 4.78 is 12.5. The summed E-state index contributed by atoms with van der Waals surface area (Å²) in [5.41, 5.74) is 5.18. The first-order valence-electron chi connectivity index (χ1n) is 13.1. The van der Waals surface area contributed by atoms with Gasteiger partial charge in [-0.15, -0.1) is 11.3 Å². The molecule has 1 heterocycles. The van der Waals surface area contributed by atoms with E-state index in [1.807, 2.05) is 68.4 Å². The van der Waals surface area contributed by atoms with Gasteiger partial charge in [-0.25, -0.2) is 4.98 Å². The van der Waals surface area contributed by atoms with Crippen molar-refractivity contribution in [3.05, 3.63) is 76.9 Å². The molecular formula is C31H35N3O4S2. The van der Waals surface area contributed by atoms with E-state index in [0.29, 0.717) is 22.9 Å². The Bertz CT molecular complexity index is 1500. The largest absolute Gasteiger partial charge is 0.497 e. The van der Waals surface area contributed by atoms with Gasteiger partial charge in [0.15, 0.2) is 4.34 Å². The Morgan fingerprint density at radius 1 is 1.00 bits per heavy atom. The summed E-state index contributed by atoms with van der Waals surface area (Å²) in [5.74, 6) is 1.86. The average Bonchev–Trinajstić information content (AvgIpc) is 3.35. The summed E-state index contributed by atoms with van der Waals surface area (Å²) in [7, 11) is 3.23. The quantitative estimate of drug-likeness (QED) is 0.186. The lowest BCUT2D eigenvalue weighted by molar-refractivity contribution is -0.119. The van der Waals surface area contributed by atoms with E-state index in [0.717, 1.165) is 37.9 Å². The number of rotatable bonds is 11. The lowest BCUT2D eigenvalue weighted by Gasteiger charge is -2.16. The summed E-state index contributed by atoms with van der Waals surface area (Å²) in [6, 6.07) is 17.0. The van der Waals surface area contributed by atoms with E-state index >= 15 is 0 Å². The normalized spacial score (nSPS) is 11.9. The highest BCUT2D eigenvalue weighted by molar-refractivity contribution is 8.01. The Morgan fingerprint density at radius 3 is 2.42 bits per heavy atom. The minimum atomic E-state index is -0.225. The van der Waals surface area contributed by atoms with E-state index in [1.165, 1.54) is 28.7 Å². The summed E-state index contributed by atoms with van der Waals surface area (Å²) in [6.45, 7) is 8.29. The van der Waals surface area contributed by atoms with Crippen molar-refractivity contribution in [2.45, 2.75) is 44.5 Å². The molecule has 0 unspecified atom stereocenters. The van der Waals surface area contributed by atoms with Crippen LogP contribution in [0.3, 0.4) is 0 Å². The molecule has 40 heavy (non-hydrogen) atoms. The van der Waals surface area contributed by atoms with Crippen LogP contribution < -0.4 is 20.1 Å². The van der Waals surface area contributed by atoms with Crippen LogP contribution in [0.5, 0.6) is 11.5 Å². The molecule has 3 aromatic carbocycles. The number of amides is 2. The van der Waals surface area contributed by atoms with Crippen molar-refractivity contribution >= 4 is 50.8 Å². The average molecular weight is 578 g/mol. The molecule has 0 fully saturated rings. The predicted octanol–water partition coefficient (Wildman–Crippen LogP) is 7.04. The smallest absolute Gasteiger partial charge is 0.259 e. The molecule has 9 heteroatoms. The van der Waals surface area contributed by atoms with E-state index < -0.39 is 0 Å². The van der Waals surface area contributed by atoms with Crippen LogP contribution in [0.25, 0.3) is 10.2 Å². The van der Waals surface area contributed by atoms with Gasteiger partial charge in [0, 0.05) is 5.69 Å². The van der Waals surface area contributed by atoms with Gasteiger partial charge in [0.2, 0.25) is 5.91 Å². The molecule has 0 aliphatic heterocycles. The van der Waals surface area contributed by atoms with Crippen LogP contribution in [0.15, 0.2) is 58.9 Å². The first-order valence-corrected chi connectivity index (χ1v) is 14.9. The fourth-order valence-corrected chi connectivity index (χ4v) is 6.38. The maximum Gasteiger partial charge on any atom is 0.259 e. The number of carbonyl (C=O) groups excluding carboxylic acids is 2. The van der Waals surface area contributed by atoms with Gasteiger partial charge in [-0.1, -0.05) is 43.8 Å². The fourth-order valence-electron chi connectivity index (χ4n) is 4.46. The molecule has 4 aromatic rings. The first-order chi connectivity index (χ1) is 19.2. The molecule has 2 amide bonds. The van der Waals surface area contributed by atoms with Crippen LogP contribution in [0.1, 0.15) is 53.9 Å².